The maximum Gasteiger partial charge on any atom is 0.310 e. The minimum Gasteiger partial charge on any atom is -0.469 e. The van der Waals surface area contributed by atoms with Crippen LogP contribution in [0.5, 0.6) is 0 Å². The number of esters is 1. The average molecular weight is 201 g/mol. The first-order valence-electron chi connectivity index (χ1n) is 3.68. The van der Waals surface area contributed by atoms with Gasteiger partial charge in [-0.3, -0.25) is 4.79 Å². The molecule has 1 rings (SSSR count). The highest BCUT2D eigenvalue weighted by atomic mass is 35.5. The molecule has 0 aliphatic heterocycles. The number of carbonyl (C=O) groups excluding carboxylic acids is 1. The molecule has 0 amide bonds. The van der Waals surface area contributed by atoms with E-state index >= 15 is 0 Å². The first-order chi connectivity index (χ1) is 6.13. The molecule has 0 aliphatic rings. The zero-order chi connectivity index (χ0) is 9.84. The van der Waals surface area contributed by atoms with Crippen LogP contribution in [0.15, 0.2) is 6.20 Å². The number of halogens is 1. The van der Waals surface area contributed by atoms with Crippen molar-refractivity contribution in [1.82, 2.24) is 9.97 Å². The monoisotopic (exact) mass is 200 g/mol. The number of carbonyl (C=O) groups is 1. The maximum absolute atomic E-state index is 10.9. The third-order valence-electron chi connectivity index (χ3n) is 1.49. The lowest BCUT2D eigenvalue weighted by molar-refractivity contribution is -0.139. The number of hydrogen-bond donors (Lipinski definition) is 0. The Morgan fingerprint density at radius 3 is 2.92 bits per heavy atom. The van der Waals surface area contributed by atoms with Crippen LogP contribution in [0.1, 0.15) is 11.4 Å². The Balaban J connectivity index is 2.83. The van der Waals surface area contributed by atoms with Gasteiger partial charge < -0.3 is 4.74 Å². The highest BCUT2D eigenvalue weighted by molar-refractivity contribution is 6.30. The molecule has 0 spiro atoms. The van der Waals surface area contributed by atoms with Crippen LogP contribution in [0.25, 0.3) is 0 Å². The number of rotatable bonds is 2. The molecule has 13 heavy (non-hydrogen) atoms. The molecule has 0 fully saturated rings. The molecule has 4 nitrogen and oxygen atoms in total. The van der Waals surface area contributed by atoms with Crippen LogP contribution in [-0.2, 0) is 16.0 Å². The third kappa shape index (κ3) is 2.66. The largest absolute Gasteiger partial charge is 0.469 e. The fourth-order valence-electron chi connectivity index (χ4n) is 0.814. The Kier molecular flexibility index (Phi) is 3.19. The van der Waals surface area contributed by atoms with Crippen molar-refractivity contribution in [3.05, 3.63) is 22.7 Å². The molecule has 70 valence electrons. The van der Waals surface area contributed by atoms with Crippen LogP contribution in [0, 0.1) is 6.92 Å². The summed E-state index contributed by atoms with van der Waals surface area (Å²) in [5.74, 6) is 0.230. The molecule has 1 aromatic rings. The van der Waals surface area contributed by atoms with Gasteiger partial charge in [-0.2, -0.15) is 0 Å². The molecule has 0 N–H and O–H groups in total. The van der Waals surface area contributed by atoms with E-state index < -0.39 is 0 Å². The Hall–Kier alpha value is -1.16. The van der Waals surface area contributed by atoms with Gasteiger partial charge in [0.1, 0.15) is 11.0 Å². The van der Waals surface area contributed by atoms with Crippen molar-refractivity contribution in [2.45, 2.75) is 13.3 Å². The molecule has 0 saturated carbocycles. The molecule has 0 saturated heterocycles. The molecule has 0 aliphatic carbocycles. The summed E-state index contributed by atoms with van der Waals surface area (Å²) in [5.41, 5.74) is 0.583. The van der Waals surface area contributed by atoms with E-state index in [2.05, 4.69) is 14.7 Å². The van der Waals surface area contributed by atoms with Crippen molar-refractivity contribution in [3.8, 4) is 0 Å². The van der Waals surface area contributed by atoms with E-state index in [-0.39, 0.29) is 12.4 Å². The lowest BCUT2D eigenvalue weighted by atomic mass is 10.2. The SMILES string of the molecule is COC(=O)Cc1cnc(C)nc1Cl. The first-order valence-corrected chi connectivity index (χ1v) is 4.06. The molecule has 1 heterocycles. The summed E-state index contributed by atoms with van der Waals surface area (Å²) in [6, 6.07) is 0. The standard InChI is InChI=1S/C8H9ClN2O2/c1-5-10-4-6(8(9)11-5)3-7(12)13-2/h4H,3H2,1-2H3. The van der Waals surface area contributed by atoms with Crippen LogP contribution < -0.4 is 0 Å². The maximum atomic E-state index is 10.9. The van der Waals surface area contributed by atoms with Crippen LogP contribution in [-0.4, -0.2) is 23.0 Å². The van der Waals surface area contributed by atoms with E-state index in [0.717, 1.165) is 0 Å². The van der Waals surface area contributed by atoms with Gasteiger partial charge in [0.15, 0.2) is 0 Å². The molecule has 0 atom stereocenters. The number of methoxy groups -OCH3 is 1. The summed E-state index contributed by atoms with van der Waals surface area (Å²) in [7, 11) is 1.32. The number of aromatic nitrogens is 2. The summed E-state index contributed by atoms with van der Waals surface area (Å²) in [4.78, 5) is 18.7. The lowest BCUT2D eigenvalue weighted by Gasteiger charge is -2.01. The van der Waals surface area contributed by atoms with E-state index in [1.54, 1.807) is 6.92 Å². The van der Waals surface area contributed by atoms with Gasteiger partial charge in [0.2, 0.25) is 0 Å². The third-order valence-corrected chi connectivity index (χ3v) is 1.82. The summed E-state index contributed by atoms with van der Waals surface area (Å²) < 4.78 is 4.49. The van der Waals surface area contributed by atoms with Gasteiger partial charge in [-0.05, 0) is 6.92 Å². The molecular weight excluding hydrogens is 192 g/mol. The molecule has 0 unspecified atom stereocenters. The Morgan fingerprint density at radius 1 is 1.69 bits per heavy atom. The van der Waals surface area contributed by atoms with Gasteiger partial charge in [0.25, 0.3) is 0 Å². The molecule has 0 aromatic carbocycles. The van der Waals surface area contributed by atoms with Crippen molar-refractivity contribution in [1.29, 1.82) is 0 Å². The number of hydrogen-bond acceptors (Lipinski definition) is 4. The van der Waals surface area contributed by atoms with Gasteiger partial charge in [-0.15, -0.1) is 0 Å². The smallest absolute Gasteiger partial charge is 0.310 e. The van der Waals surface area contributed by atoms with Gasteiger partial charge in [-0.25, -0.2) is 9.97 Å². The Labute approximate surface area is 80.9 Å². The minimum atomic E-state index is -0.352. The average Bonchev–Trinajstić information content (AvgIpc) is 2.09. The summed E-state index contributed by atoms with van der Waals surface area (Å²) in [6.45, 7) is 1.73. The first kappa shape index (κ1) is 9.92. The summed E-state index contributed by atoms with van der Waals surface area (Å²) in [6.07, 6.45) is 1.64. The van der Waals surface area contributed by atoms with Crippen LogP contribution >= 0.6 is 11.6 Å². The molecule has 0 bridgehead atoms. The van der Waals surface area contributed by atoms with E-state index in [1.165, 1.54) is 13.3 Å². The van der Waals surface area contributed by atoms with Crippen LogP contribution in [0.3, 0.4) is 0 Å². The molecular formula is C8H9ClN2O2. The summed E-state index contributed by atoms with van der Waals surface area (Å²) >= 11 is 5.77. The zero-order valence-corrected chi connectivity index (χ0v) is 8.13. The Bertz CT molecular complexity index is 328. The number of ether oxygens (including phenoxy) is 1. The normalized spacial score (nSPS) is 9.77. The predicted molar refractivity (Wildman–Crippen MR) is 47.5 cm³/mol. The van der Waals surface area contributed by atoms with Crippen molar-refractivity contribution >= 4 is 17.6 Å². The second kappa shape index (κ2) is 4.18. The van der Waals surface area contributed by atoms with Gasteiger partial charge >= 0.3 is 5.97 Å². The fourth-order valence-corrected chi connectivity index (χ4v) is 1.05. The summed E-state index contributed by atoms with van der Waals surface area (Å²) in [5, 5.41) is 0.304. The van der Waals surface area contributed by atoms with E-state index in [4.69, 9.17) is 11.6 Å². The lowest BCUT2D eigenvalue weighted by Crippen LogP contribution is -2.06. The van der Waals surface area contributed by atoms with Gasteiger partial charge in [-0.1, -0.05) is 11.6 Å². The number of nitrogens with zero attached hydrogens (tertiary/aromatic N) is 2. The van der Waals surface area contributed by atoms with Gasteiger partial charge in [0.05, 0.1) is 13.5 Å². The van der Waals surface area contributed by atoms with Crippen LogP contribution in [0.2, 0.25) is 5.15 Å². The van der Waals surface area contributed by atoms with Crippen molar-refractivity contribution in [3.63, 3.8) is 0 Å². The highest BCUT2D eigenvalue weighted by Gasteiger charge is 2.08. The van der Waals surface area contributed by atoms with Crippen molar-refractivity contribution < 1.29 is 9.53 Å². The Morgan fingerprint density at radius 2 is 2.38 bits per heavy atom. The van der Waals surface area contributed by atoms with Crippen LogP contribution in [0.4, 0.5) is 0 Å². The topological polar surface area (TPSA) is 52.1 Å². The molecule has 1 aromatic heterocycles. The molecule has 5 heteroatoms. The van der Waals surface area contributed by atoms with E-state index in [1.807, 2.05) is 0 Å². The number of aryl methyl sites for hydroxylation is 1. The van der Waals surface area contributed by atoms with Gasteiger partial charge in [0, 0.05) is 11.8 Å². The second-order valence-corrected chi connectivity index (χ2v) is 2.84. The van der Waals surface area contributed by atoms with E-state index in [0.29, 0.717) is 16.5 Å². The zero-order valence-electron chi connectivity index (χ0n) is 7.37. The van der Waals surface area contributed by atoms with E-state index in [9.17, 15) is 4.79 Å². The fraction of sp³-hybridized carbons (Fsp3) is 0.375. The highest BCUT2D eigenvalue weighted by Crippen LogP contribution is 2.12. The van der Waals surface area contributed by atoms with Crippen molar-refractivity contribution in [2.75, 3.05) is 7.11 Å². The predicted octanol–water partition coefficient (Wildman–Crippen LogP) is 1.15. The minimum absolute atomic E-state index is 0.107. The molecule has 0 radical (unpaired) electrons. The quantitative estimate of drug-likeness (QED) is 0.531. The second-order valence-electron chi connectivity index (χ2n) is 2.49. The van der Waals surface area contributed by atoms with Crippen molar-refractivity contribution in [2.24, 2.45) is 0 Å².